The molecule has 0 aliphatic carbocycles. The number of aryl methyl sites for hydroxylation is 1. The number of nitrogens with two attached hydrogens (primary N) is 1. The van der Waals surface area contributed by atoms with E-state index in [0.717, 1.165) is 17.9 Å². The van der Waals surface area contributed by atoms with Gasteiger partial charge in [0.15, 0.2) is 0 Å². The molecule has 0 radical (unpaired) electrons. The molecular formula is C11H17NO. The fraction of sp³-hybridized carbons (Fsp3) is 0.455. The summed E-state index contributed by atoms with van der Waals surface area (Å²) >= 11 is 0. The third-order valence-corrected chi connectivity index (χ3v) is 1.77. The van der Waals surface area contributed by atoms with Gasteiger partial charge in [0.2, 0.25) is 0 Å². The Morgan fingerprint density at radius 2 is 2.00 bits per heavy atom. The summed E-state index contributed by atoms with van der Waals surface area (Å²) in [5, 5.41) is 0. The van der Waals surface area contributed by atoms with Gasteiger partial charge in [-0.05, 0) is 38.0 Å². The van der Waals surface area contributed by atoms with Gasteiger partial charge in [-0.15, -0.1) is 0 Å². The number of hydrogen-bond acceptors (Lipinski definition) is 2. The van der Waals surface area contributed by atoms with Crippen LogP contribution in [0.15, 0.2) is 18.2 Å². The van der Waals surface area contributed by atoms with Crippen LogP contribution in [-0.2, 0) is 6.42 Å². The number of rotatable bonds is 3. The lowest BCUT2D eigenvalue weighted by molar-refractivity contribution is 0.242. The Bertz CT molecular complexity index is 281. The van der Waals surface area contributed by atoms with Crippen molar-refractivity contribution in [3.05, 3.63) is 23.8 Å². The molecule has 0 heterocycles. The van der Waals surface area contributed by atoms with Crippen LogP contribution in [0.1, 0.15) is 26.3 Å². The molecule has 2 N–H and O–H groups in total. The largest absolute Gasteiger partial charge is 0.491 e. The van der Waals surface area contributed by atoms with Crippen molar-refractivity contribution in [2.24, 2.45) is 0 Å². The minimum Gasteiger partial charge on any atom is -0.491 e. The quantitative estimate of drug-likeness (QED) is 0.724. The molecular weight excluding hydrogens is 162 g/mol. The molecule has 0 spiro atoms. The number of ether oxygens (including phenoxy) is 1. The Morgan fingerprint density at radius 3 is 2.54 bits per heavy atom. The monoisotopic (exact) mass is 179 g/mol. The zero-order valence-electron chi connectivity index (χ0n) is 8.50. The summed E-state index contributed by atoms with van der Waals surface area (Å²) < 4.78 is 5.56. The first-order valence-corrected chi connectivity index (χ1v) is 4.68. The molecule has 0 saturated heterocycles. The molecule has 0 bridgehead atoms. The summed E-state index contributed by atoms with van der Waals surface area (Å²) in [5.74, 6) is 0.867. The van der Waals surface area contributed by atoms with Crippen molar-refractivity contribution in [2.75, 3.05) is 5.73 Å². The summed E-state index contributed by atoms with van der Waals surface area (Å²) in [6, 6.07) is 5.88. The van der Waals surface area contributed by atoms with Crippen LogP contribution in [-0.4, -0.2) is 6.10 Å². The first kappa shape index (κ1) is 9.90. The normalized spacial score (nSPS) is 10.5. The van der Waals surface area contributed by atoms with E-state index in [1.165, 1.54) is 5.56 Å². The smallest absolute Gasteiger partial charge is 0.122 e. The van der Waals surface area contributed by atoms with Crippen molar-refractivity contribution < 1.29 is 4.74 Å². The van der Waals surface area contributed by atoms with Gasteiger partial charge in [0.05, 0.1) is 6.10 Å². The van der Waals surface area contributed by atoms with Crippen LogP contribution in [0.25, 0.3) is 0 Å². The fourth-order valence-corrected chi connectivity index (χ4v) is 1.23. The van der Waals surface area contributed by atoms with Crippen LogP contribution < -0.4 is 10.5 Å². The van der Waals surface area contributed by atoms with Crippen molar-refractivity contribution in [3.63, 3.8) is 0 Å². The van der Waals surface area contributed by atoms with Crippen molar-refractivity contribution in [1.82, 2.24) is 0 Å². The molecule has 0 aliphatic heterocycles. The van der Waals surface area contributed by atoms with Gasteiger partial charge >= 0.3 is 0 Å². The molecule has 2 nitrogen and oxygen atoms in total. The predicted molar refractivity (Wildman–Crippen MR) is 56.0 cm³/mol. The van der Waals surface area contributed by atoms with Crippen LogP contribution in [0.2, 0.25) is 0 Å². The summed E-state index contributed by atoms with van der Waals surface area (Å²) in [7, 11) is 0. The molecule has 0 unspecified atom stereocenters. The van der Waals surface area contributed by atoms with Gasteiger partial charge in [0.25, 0.3) is 0 Å². The molecule has 0 amide bonds. The van der Waals surface area contributed by atoms with Gasteiger partial charge in [-0.25, -0.2) is 0 Å². The zero-order chi connectivity index (χ0) is 9.84. The molecule has 0 fully saturated rings. The van der Waals surface area contributed by atoms with E-state index in [1.54, 1.807) is 0 Å². The molecule has 0 aromatic heterocycles. The molecule has 72 valence electrons. The zero-order valence-corrected chi connectivity index (χ0v) is 8.50. The Morgan fingerprint density at radius 1 is 1.31 bits per heavy atom. The Labute approximate surface area is 79.7 Å². The standard InChI is InChI=1S/C11H17NO/c1-4-9-5-10(12)7-11(6-9)13-8(2)3/h5-8H,4,12H2,1-3H3. The van der Waals surface area contributed by atoms with E-state index in [4.69, 9.17) is 10.5 Å². The van der Waals surface area contributed by atoms with E-state index >= 15 is 0 Å². The summed E-state index contributed by atoms with van der Waals surface area (Å²) in [6.07, 6.45) is 1.19. The summed E-state index contributed by atoms with van der Waals surface area (Å²) in [4.78, 5) is 0. The minimum atomic E-state index is 0.200. The first-order valence-electron chi connectivity index (χ1n) is 4.68. The number of hydrogen-bond donors (Lipinski definition) is 1. The van der Waals surface area contributed by atoms with Crippen LogP contribution in [0.3, 0.4) is 0 Å². The maximum atomic E-state index is 5.73. The number of nitrogen functional groups attached to an aromatic ring is 1. The van der Waals surface area contributed by atoms with E-state index in [1.807, 2.05) is 32.0 Å². The highest BCUT2D eigenvalue weighted by Gasteiger charge is 2.00. The lowest BCUT2D eigenvalue weighted by atomic mass is 10.1. The fourth-order valence-electron chi connectivity index (χ4n) is 1.23. The summed E-state index contributed by atoms with van der Waals surface area (Å²) in [6.45, 7) is 6.12. The third kappa shape index (κ3) is 2.98. The van der Waals surface area contributed by atoms with Crippen LogP contribution >= 0.6 is 0 Å². The lowest BCUT2D eigenvalue weighted by Crippen LogP contribution is -2.06. The van der Waals surface area contributed by atoms with Crippen molar-refractivity contribution in [3.8, 4) is 5.75 Å². The molecule has 1 aromatic rings. The van der Waals surface area contributed by atoms with Gasteiger partial charge in [0.1, 0.15) is 5.75 Å². The highest BCUT2D eigenvalue weighted by molar-refractivity contribution is 5.47. The molecule has 1 rings (SSSR count). The van der Waals surface area contributed by atoms with Gasteiger partial charge in [0, 0.05) is 11.8 Å². The maximum absolute atomic E-state index is 5.73. The molecule has 2 heteroatoms. The average molecular weight is 179 g/mol. The Balaban J connectivity index is 2.88. The summed E-state index contributed by atoms with van der Waals surface area (Å²) in [5.41, 5.74) is 7.72. The van der Waals surface area contributed by atoms with Crippen LogP contribution in [0, 0.1) is 0 Å². The second-order valence-corrected chi connectivity index (χ2v) is 3.43. The Hall–Kier alpha value is -1.18. The van der Waals surface area contributed by atoms with Crippen molar-refractivity contribution in [1.29, 1.82) is 0 Å². The second-order valence-electron chi connectivity index (χ2n) is 3.43. The van der Waals surface area contributed by atoms with E-state index in [9.17, 15) is 0 Å². The topological polar surface area (TPSA) is 35.2 Å². The van der Waals surface area contributed by atoms with Crippen LogP contribution in [0.4, 0.5) is 5.69 Å². The molecule has 0 atom stereocenters. The van der Waals surface area contributed by atoms with Gasteiger partial charge in [-0.1, -0.05) is 6.92 Å². The van der Waals surface area contributed by atoms with Gasteiger partial charge in [-0.2, -0.15) is 0 Å². The third-order valence-electron chi connectivity index (χ3n) is 1.77. The van der Waals surface area contributed by atoms with E-state index in [-0.39, 0.29) is 6.10 Å². The predicted octanol–water partition coefficient (Wildman–Crippen LogP) is 2.62. The molecule has 0 saturated carbocycles. The van der Waals surface area contributed by atoms with E-state index in [0.29, 0.717) is 0 Å². The highest BCUT2D eigenvalue weighted by atomic mass is 16.5. The Kier molecular flexibility index (Phi) is 3.18. The molecule has 0 aliphatic rings. The van der Waals surface area contributed by atoms with E-state index < -0.39 is 0 Å². The average Bonchev–Trinajstić information content (AvgIpc) is 2.01. The van der Waals surface area contributed by atoms with Crippen molar-refractivity contribution in [2.45, 2.75) is 33.3 Å². The lowest BCUT2D eigenvalue weighted by Gasteiger charge is -2.11. The van der Waals surface area contributed by atoms with Crippen LogP contribution in [0.5, 0.6) is 5.75 Å². The molecule has 13 heavy (non-hydrogen) atoms. The van der Waals surface area contributed by atoms with Crippen molar-refractivity contribution >= 4 is 5.69 Å². The number of anilines is 1. The second kappa shape index (κ2) is 4.17. The van der Waals surface area contributed by atoms with E-state index in [2.05, 4.69) is 6.92 Å². The first-order chi connectivity index (χ1) is 6.11. The minimum absolute atomic E-state index is 0.200. The SMILES string of the molecule is CCc1cc(N)cc(OC(C)C)c1. The maximum Gasteiger partial charge on any atom is 0.122 e. The highest BCUT2D eigenvalue weighted by Crippen LogP contribution is 2.20. The van der Waals surface area contributed by atoms with Gasteiger partial charge < -0.3 is 10.5 Å². The molecule has 1 aromatic carbocycles. The van der Waals surface area contributed by atoms with Gasteiger partial charge in [-0.3, -0.25) is 0 Å². The number of benzene rings is 1.